The molecule has 0 saturated carbocycles. The van der Waals surface area contributed by atoms with Crippen molar-refractivity contribution in [3.63, 3.8) is 0 Å². The van der Waals surface area contributed by atoms with Gasteiger partial charge < -0.3 is 10.6 Å². The van der Waals surface area contributed by atoms with Gasteiger partial charge in [-0.15, -0.1) is 0 Å². The molecule has 1 aromatic carbocycles. The van der Waals surface area contributed by atoms with Gasteiger partial charge in [0.25, 0.3) is 0 Å². The average Bonchev–Trinajstić information content (AvgIpc) is 2.88. The van der Waals surface area contributed by atoms with Crippen molar-refractivity contribution in [1.29, 1.82) is 0 Å². The van der Waals surface area contributed by atoms with Gasteiger partial charge in [0.2, 0.25) is 0 Å². The summed E-state index contributed by atoms with van der Waals surface area (Å²) in [6, 6.07) is 10.9. The fourth-order valence-corrected chi connectivity index (χ4v) is 2.83. The summed E-state index contributed by atoms with van der Waals surface area (Å²) in [5.74, 6) is 0.713. The molecule has 1 heterocycles. The Bertz CT molecular complexity index is 357. The number of nitrogens with zero attached hydrogens (tertiary/aromatic N) is 1. The van der Waals surface area contributed by atoms with E-state index in [1.165, 1.54) is 25.1 Å². The van der Waals surface area contributed by atoms with Gasteiger partial charge in [0, 0.05) is 13.1 Å². The normalized spacial score (nSPS) is 24.1. The molecule has 2 unspecified atom stereocenters. The van der Waals surface area contributed by atoms with Crippen LogP contribution in [0.1, 0.15) is 38.2 Å². The van der Waals surface area contributed by atoms with E-state index in [4.69, 9.17) is 5.73 Å². The largest absolute Gasteiger partial charge is 0.330 e. The molecular formula is C16H26N2. The third kappa shape index (κ3) is 3.12. The quantitative estimate of drug-likeness (QED) is 0.865. The van der Waals surface area contributed by atoms with E-state index in [1.54, 1.807) is 0 Å². The van der Waals surface area contributed by atoms with Crippen molar-refractivity contribution in [2.24, 2.45) is 11.1 Å². The highest BCUT2D eigenvalue weighted by molar-refractivity contribution is 5.21. The molecule has 18 heavy (non-hydrogen) atoms. The first-order valence-electron chi connectivity index (χ1n) is 7.14. The van der Waals surface area contributed by atoms with Crippen molar-refractivity contribution >= 4 is 0 Å². The maximum atomic E-state index is 5.91. The summed E-state index contributed by atoms with van der Waals surface area (Å²) in [7, 11) is 0. The van der Waals surface area contributed by atoms with E-state index < -0.39 is 0 Å². The highest BCUT2D eigenvalue weighted by Gasteiger charge is 2.29. The van der Waals surface area contributed by atoms with E-state index in [9.17, 15) is 0 Å². The minimum atomic E-state index is 0.283. The predicted molar refractivity (Wildman–Crippen MR) is 77.7 cm³/mol. The van der Waals surface area contributed by atoms with Crippen LogP contribution in [0.15, 0.2) is 30.3 Å². The van der Waals surface area contributed by atoms with Crippen LogP contribution in [0.5, 0.6) is 0 Å². The second-order valence-corrected chi connectivity index (χ2v) is 6.00. The van der Waals surface area contributed by atoms with Crippen LogP contribution < -0.4 is 5.73 Å². The Morgan fingerprint density at radius 3 is 2.67 bits per heavy atom. The number of rotatable bonds is 5. The minimum absolute atomic E-state index is 0.283. The summed E-state index contributed by atoms with van der Waals surface area (Å²) in [5.41, 5.74) is 7.69. The molecule has 2 N–H and O–H groups in total. The van der Waals surface area contributed by atoms with Gasteiger partial charge >= 0.3 is 0 Å². The Morgan fingerprint density at radius 1 is 1.33 bits per heavy atom. The molecule has 0 aliphatic carbocycles. The molecule has 0 aromatic heterocycles. The van der Waals surface area contributed by atoms with Crippen molar-refractivity contribution < 1.29 is 0 Å². The van der Waals surface area contributed by atoms with E-state index in [0.29, 0.717) is 5.92 Å². The molecule has 0 radical (unpaired) electrons. The summed E-state index contributed by atoms with van der Waals surface area (Å²) >= 11 is 0. The first kappa shape index (κ1) is 13.6. The lowest BCUT2D eigenvalue weighted by molar-refractivity contribution is 0.190. The Kier molecular flexibility index (Phi) is 4.41. The molecule has 1 saturated heterocycles. The second-order valence-electron chi connectivity index (χ2n) is 6.00. The molecule has 0 amide bonds. The number of likely N-dealkylation sites (tertiary alicyclic amines) is 1. The van der Waals surface area contributed by atoms with Gasteiger partial charge in [-0.3, -0.25) is 0 Å². The van der Waals surface area contributed by atoms with Gasteiger partial charge in [-0.2, -0.15) is 0 Å². The van der Waals surface area contributed by atoms with E-state index in [1.807, 2.05) is 0 Å². The van der Waals surface area contributed by atoms with Gasteiger partial charge in [-0.05, 0) is 42.8 Å². The summed E-state index contributed by atoms with van der Waals surface area (Å²) < 4.78 is 0. The molecule has 1 fully saturated rings. The van der Waals surface area contributed by atoms with Crippen molar-refractivity contribution in [3.05, 3.63) is 35.9 Å². The smallest absolute Gasteiger partial charge is 0.00510 e. The van der Waals surface area contributed by atoms with E-state index in [2.05, 4.69) is 49.1 Å². The minimum Gasteiger partial charge on any atom is -0.330 e. The molecule has 2 heteroatoms. The first-order valence-corrected chi connectivity index (χ1v) is 7.14. The fraction of sp³-hybridized carbons (Fsp3) is 0.625. The molecular weight excluding hydrogens is 220 g/mol. The number of benzene rings is 1. The zero-order valence-corrected chi connectivity index (χ0v) is 11.7. The van der Waals surface area contributed by atoms with Gasteiger partial charge in [-0.1, -0.05) is 44.2 Å². The van der Waals surface area contributed by atoms with Crippen LogP contribution in [-0.4, -0.2) is 31.1 Å². The number of hydrogen-bond donors (Lipinski definition) is 1. The Hall–Kier alpha value is -0.860. The average molecular weight is 246 g/mol. The standard InChI is InChI=1S/C16H26N2/c1-3-16(2,12-17)13-18-10-9-15(11-18)14-7-5-4-6-8-14/h4-8,15H,3,9-13,17H2,1-2H3. The maximum absolute atomic E-state index is 5.91. The fourth-order valence-electron chi connectivity index (χ4n) is 2.83. The number of hydrogen-bond acceptors (Lipinski definition) is 2. The summed E-state index contributed by atoms with van der Waals surface area (Å²) in [5, 5.41) is 0. The molecule has 0 bridgehead atoms. The molecule has 1 aliphatic heterocycles. The Balaban J connectivity index is 1.93. The molecule has 0 spiro atoms. The monoisotopic (exact) mass is 246 g/mol. The zero-order chi connectivity index (χ0) is 13.0. The van der Waals surface area contributed by atoms with Crippen molar-refractivity contribution in [3.8, 4) is 0 Å². The lowest BCUT2D eigenvalue weighted by atomic mass is 9.87. The highest BCUT2D eigenvalue weighted by Crippen LogP contribution is 2.30. The van der Waals surface area contributed by atoms with Gasteiger partial charge in [0.1, 0.15) is 0 Å². The van der Waals surface area contributed by atoms with Crippen LogP contribution in [0.4, 0.5) is 0 Å². The molecule has 100 valence electrons. The topological polar surface area (TPSA) is 29.3 Å². The lowest BCUT2D eigenvalue weighted by Gasteiger charge is -2.31. The summed E-state index contributed by atoms with van der Waals surface area (Å²) in [6.45, 7) is 8.90. The number of nitrogens with two attached hydrogens (primary N) is 1. The van der Waals surface area contributed by atoms with Gasteiger partial charge in [-0.25, -0.2) is 0 Å². The van der Waals surface area contributed by atoms with Gasteiger partial charge in [0.05, 0.1) is 0 Å². The zero-order valence-electron chi connectivity index (χ0n) is 11.7. The van der Waals surface area contributed by atoms with Crippen molar-refractivity contribution in [2.75, 3.05) is 26.2 Å². The van der Waals surface area contributed by atoms with E-state index in [-0.39, 0.29) is 5.41 Å². The molecule has 2 nitrogen and oxygen atoms in total. The van der Waals surface area contributed by atoms with Crippen LogP contribution in [0.25, 0.3) is 0 Å². The first-order chi connectivity index (χ1) is 8.67. The van der Waals surface area contributed by atoms with Crippen molar-refractivity contribution in [2.45, 2.75) is 32.6 Å². The SMILES string of the molecule is CCC(C)(CN)CN1CCC(c2ccccc2)C1. The maximum Gasteiger partial charge on any atom is 0.00510 e. The third-order valence-corrected chi connectivity index (χ3v) is 4.50. The van der Waals surface area contributed by atoms with Crippen molar-refractivity contribution in [1.82, 2.24) is 4.90 Å². The van der Waals surface area contributed by atoms with Gasteiger partial charge in [0.15, 0.2) is 0 Å². The summed E-state index contributed by atoms with van der Waals surface area (Å²) in [6.07, 6.45) is 2.45. The molecule has 1 aromatic rings. The highest BCUT2D eigenvalue weighted by atomic mass is 15.2. The van der Waals surface area contributed by atoms with Crippen LogP contribution in [0.2, 0.25) is 0 Å². The van der Waals surface area contributed by atoms with E-state index >= 15 is 0 Å². The Morgan fingerprint density at radius 2 is 2.06 bits per heavy atom. The van der Waals surface area contributed by atoms with Crippen LogP contribution >= 0.6 is 0 Å². The molecule has 1 aliphatic rings. The third-order valence-electron chi connectivity index (χ3n) is 4.50. The van der Waals surface area contributed by atoms with Crippen LogP contribution in [-0.2, 0) is 0 Å². The molecule has 2 rings (SSSR count). The predicted octanol–water partition coefficient (Wildman–Crippen LogP) is 2.85. The lowest BCUT2D eigenvalue weighted by Crippen LogP contribution is -2.39. The Labute approximate surface area is 111 Å². The van der Waals surface area contributed by atoms with Crippen LogP contribution in [0, 0.1) is 5.41 Å². The summed E-state index contributed by atoms with van der Waals surface area (Å²) in [4.78, 5) is 2.59. The van der Waals surface area contributed by atoms with E-state index in [0.717, 1.165) is 19.5 Å². The molecule has 2 atom stereocenters. The second kappa shape index (κ2) is 5.85. The van der Waals surface area contributed by atoms with Crippen LogP contribution in [0.3, 0.4) is 0 Å².